The zero-order valence-corrected chi connectivity index (χ0v) is 14.7. The number of aromatic nitrogens is 3. The van der Waals surface area contributed by atoms with E-state index < -0.39 is 0 Å². The van der Waals surface area contributed by atoms with E-state index in [1.807, 2.05) is 39.6 Å². The maximum atomic E-state index is 5.55. The standard InChI is InChI=1S/C19H22N4S/c1-21(14-8-11-17-9-4-2-5-10-17)16-23-19(24)22(15-20-23)18-12-6-3-7-13-18/h2-7,9-10,12-13,15H,8,11,14,16H2,1H3. The van der Waals surface area contributed by atoms with Crippen LogP contribution in [0.2, 0.25) is 0 Å². The smallest absolute Gasteiger partial charge is 0.203 e. The molecule has 5 heteroatoms. The van der Waals surface area contributed by atoms with Gasteiger partial charge in [0.2, 0.25) is 4.77 Å². The van der Waals surface area contributed by atoms with Gasteiger partial charge in [-0.25, -0.2) is 4.68 Å². The Bertz CT molecular complexity index is 808. The molecule has 4 nitrogen and oxygen atoms in total. The fraction of sp³-hybridized carbons (Fsp3) is 0.263. The number of nitrogens with zero attached hydrogens (tertiary/aromatic N) is 4. The van der Waals surface area contributed by atoms with Gasteiger partial charge in [-0.15, -0.1) is 0 Å². The van der Waals surface area contributed by atoms with Crippen LogP contribution in [0.3, 0.4) is 0 Å². The zero-order chi connectivity index (χ0) is 16.8. The van der Waals surface area contributed by atoms with Crippen LogP contribution in [0.5, 0.6) is 0 Å². The second-order valence-electron chi connectivity index (χ2n) is 5.93. The number of benzene rings is 2. The lowest BCUT2D eigenvalue weighted by Crippen LogP contribution is -2.24. The highest BCUT2D eigenvalue weighted by Gasteiger charge is 2.06. The second-order valence-corrected chi connectivity index (χ2v) is 6.29. The Labute approximate surface area is 148 Å². The fourth-order valence-electron chi connectivity index (χ4n) is 2.70. The van der Waals surface area contributed by atoms with Gasteiger partial charge in [0, 0.05) is 5.69 Å². The number of rotatable bonds is 7. The number of hydrogen-bond donors (Lipinski definition) is 0. The SMILES string of the molecule is CN(CCCc1ccccc1)Cn1ncn(-c2ccccc2)c1=S. The Morgan fingerprint density at radius 2 is 1.67 bits per heavy atom. The minimum absolute atomic E-state index is 0.702. The van der Waals surface area contributed by atoms with Crippen molar-refractivity contribution in [2.75, 3.05) is 13.6 Å². The largest absolute Gasteiger partial charge is 0.287 e. The molecule has 0 spiro atoms. The average Bonchev–Trinajstić information content (AvgIpc) is 2.97. The molecule has 0 aliphatic heterocycles. The molecule has 0 amide bonds. The van der Waals surface area contributed by atoms with Crippen molar-refractivity contribution in [2.45, 2.75) is 19.5 Å². The van der Waals surface area contributed by atoms with E-state index in [4.69, 9.17) is 12.2 Å². The molecule has 0 fully saturated rings. The van der Waals surface area contributed by atoms with Gasteiger partial charge < -0.3 is 0 Å². The summed E-state index contributed by atoms with van der Waals surface area (Å²) < 4.78 is 4.52. The summed E-state index contributed by atoms with van der Waals surface area (Å²) in [5.74, 6) is 0. The van der Waals surface area contributed by atoms with Gasteiger partial charge in [-0.2, -0.15) is 5.10 Å². The normalized spacial score (nSPS) is 11.1. The van der Waals surface area contributed by atoms with Gasteiger partial charge in [0.15, 0.2) is 0 Å². The molecule has 0 radical (unpaired) electrons. The van der Waals surface area contributed by atoms with Crippen molar-refractivity contribution in [1.82, 2.24) is 19.2 Å². The summed E-state index contributed by atoms with van der Waals surface area (Å²) in [4.78, 5) is 2.25. The summed E-state index contributed by atoms with van der Waals surface area (Å²) in [6, 6.07) is 20.7. The van der Waals surface area contributed by atoms with E-state index in [9.17, 15) is 0 Å². The summed E-state index contributed by atoms with van der Waals surface area (Å²) in [5, 5.41) is 4.43. The van der Waals surface area contributed by atoms with Gasteiger partial charge in [-0.1, -0.05) is 48.5 Å². The van der Waals surface area contributed by atoms with Gasteiger partial charge in [0.05, 0.1) is 6.67 Å². The van der Waals surface area contributed by atoms with E-state index >= 15 is 0 Å². The number of aryl methyl sites for hydroxylation is 1. The lowest BCUT2D eigenvalue weighted by atomic mass is 10.1. The summed E-state index contributed by atoms with van der Waals surface area (Å²) >= 11 is 5.55. The van der Waals surface area contributed by atoms with Gasteiger partial charge in [0.1, 0.15) is 6.33 Å². The van der Waals surface area contributed by atoms with Crippen LogP contribution in [0, 0.1) is 4.77 Å². The molecule has 2 aromatic carbocycles. The molecule has 0 aliphatic carbocycles. The summed E-state index contributed by atoms with van der Waals surface area (Å²) in [5.41, 5.74) is 2.43. The predicted molar refractivity (Wildman–Crippen MR) is 99.8 cm³/mol. The molecule has 1 heterocycles. The molecule has 3 rings (SSSR count). The van der Waals surface area contributed by atoms with Gasteiger partial charge >= 0.3 is 0 Å². The van der Waals surface area contributed by atoms with Crippen molar-refractivity contribution in [2.24, 2.45) is 0 Å². The zero-order valence-electron chi connectivity index (χ0n) is 13.9. The van der Waals surface area contributed by atoms with Crippen LogP contribution < -0.4 is 0 Å². The molecule has 0 atom stereocenters. The van der Waals surface area contributed by atoms with Crippen LogP contribution in [-0.4, -0.2) is 32.8 Å². The van der Waals surface area contributed by atoms with Crippen molar-refractivity contribution in [1.29, 1.82) is 0 Å². The molecule has 0 aliphatic rings. The van der Waals surface area contributed by atoms with Crippen LogP contribution >= 0.6 is 12.2 Å². The summed E-state index contributed by atoms with van der Waals surface area (Å²) in [6.07, 6.45) is 4.00. The third-order valence-electron chi connectivity index (χ3n) is 3.99. The summed E-state index contributed by atoms with van der Waals surface area (Å²) in [7, 11) is 2.11. The minimum Gasteiger partial charge on any atom is -0.287 e. The number of para-hydroxylation sites is 1. The maximum absolute atomic E-state index is 5.55. The van der Waals surface area contributed by atoms with E-state index in [1.165, 1.54) is 5.56 Å². The van der Waals surface area contributed by atoms with E-state index in [2.05, 4.69) is 47.4 Å². The van der Waals surface area contributed by atoms with Crippen LogP contribution in [0.15, 0.2) is 67.0 Å². The lowest BCUT2D eigenvalue weighted by molar-refractivity contribution is 0.249. The van der Waals surface area contributed by atoms with E-state index in [0.29, 0.717) is 6.67 Å². The van der Waals surface area contributed by atoms with E-state index in [0.717, 1.165) is 29.8 Å². The van der Waals surface area contributed by atoms with Crippen molar-refractivity contribution in [3.8, 4) is 5.69 Å². The highest BCUT2D eigenvalue weighted by molar-refractivity contribution is 7.71. The average molecular weight is 338 g/mol. The molecule has 0 saturated carbocycles. The first kappa shape index (κ1) is 16.6. The molecule has 124 valence electrons. The molecule has 0 saturated heterocycles. The second kappa shape index (κ2) is 8.04. The quantitative estimate of drug-likeness (QED) is 0.611. The molecule has 24 heavy (non-hydrogen) atoms. The number of hydrogen-bond acceptors (Lipinski definition) is 3. The van der Waals surface area contributed by atoms with Gasteiger partial charge in [0.25, 0.3) is 0 Å². The molecule has 0 unspecified atom stereocenters. The molecule has 0 bridgehead atoms. The minimum atomic E-state index is 0.702. The topological polar surface area (TPSA) is 26.0 Å². The van der Waals surface area contributed by atoms with Crippen molar-refractivity contribution in [3.05, 3.63) is 77.3 Å². The lowest BCUT2D eigenvalue weighted by Gasteiger charge is -2.16. The molecular formula is C19H22N4S. The fourth-order valence-corrected chi connectivity index (χ4v) is 2.95. The Morgan fingerprint density at radius 1 is 1.00 bits per heavy atom. The third kappa shape index (κ3) is 4.19. The first-order chi connectivity index (χ1) is 11.7. The van der Waals surface area contributed by atoms with Crippen LogP contribution in [0.4, 0.5) is 0 Å². The maximum Gasteiger partial charge on any atom is 0.203 e. The highest BCUT2D eigenvalue weighted by Crippen LogP contribution is 2.08. The van der Waals surface area contributed by atoms with Crippen molar-refractivity contribution < 1.29 is 0 Å². The van der Waals surface area contributed by atoms with Gasteiger partial charge in [-0.3, -0.25) is 9.47 Å². The monoisotopic (exact) mass is 338 g/mol. The Hall–Kier alpha value is -2.24. The Kier molecular flexibility index (Phi) is 5.56. The molecule has 1 aromatic heterocycles. The van der Waals surface area contributed by atoms with Crippen LogP contribution in [0.25, 0.3) is 5.69 Å². The van der Waals surface area contributed by atoms with Crippen molar-refractivity contribution >= 4 is 12.2 Å². The van der Waals surface area contributed by atoms with Crippen LogP contribution in [-0.2, 0) is 13.1 Å². The Morgan fingerprint density at radius 3 is 2.38 bits per heavy atom. The predicted octanol–water partition coefficient (Wildman–Crippen LogP) is 3.93. The van der Waals surface area contributed by atoms with E-state index in [-0.39, 0.29) is 0 Å². The first-order valence-electron chi connectivity index (χ1n) is 8.16. The molecule has 3 aromatic rings. The first-order valence-corrected chi connectivity index (χ1v) is 8.57. The molecule has 0 N–H and O–H groups in total. The highest BCUT2D eigenvalue weighted by atomic mass is 32.1. The summed E-state index contributed by atoms with van der Waals surface area (Å²) in [6.45, 7) is 1.71. The Balaban J connectivity index is 1.56. The third-order valence-corrected chi connectivity index (χ3v) is 4.40. The van der Waals surface area contributed by atoms with E-state index in [1.54, 1.807) is 6.33 Å². The molecular weight excluding hydrogens is 316 g/mol. The van der Waals surface area contributed by atoms with Crippen molar-refractivity contribution in [3.63, 3.8) is 0 Å². The van der Waals surface area contributed by atoms with Gasteiger partial charge in [-0.05, 0) is 56.3 Å². The van der Waals surface area contributed by atoms with Crippen LogP contribution in [0.1, 0.15) is 12.0 Å².